The third-order valence-corrected chi connectivity index (χ3v) is 3.39. The molecule has 0 atom stereocenters. The fourth-order valence-corrected chi connectivity index (χ4v) is 2.15. The molecule has 0 aliphatic carbocycles. The number of aliphatic imine (C=N–C) groups is 1. The van der Waals surface area contributed by atoms with Crippen molar-refractivity contribution in [2.24, 2.45) is 4.99 Å². The standard InChI is InChI=1S/C15H14BrNO/c1-10-7-12(8-11(2)15(10)18)9-17-14-6-4-3-5-13(14)16/h3-9,18H,1-2H3. The van der Waals surface area contributed by atoms with E-state index in [0.717, 1.165) is 26.9 Å². The number of para-hydroxylation sites is 1. The quantitative estimate of drug-likeness (QED) is 0.813. The first kappa shape index (κ1) is 12.8. The second-order valence-corrected chi connectivity index (χ2v) is 5.07. The highest BCUT2D eigenvalue weighted by molar-refractivity contribution is 9.10. The molecule has 0 aromatic heterocycles. The predicted molar refractivity (Wildman–Crippen MR) is 79.0 cm³/mol. The molecule has 0 aliphatic heterocycles. The van der Waals surface area contributed by atoms with Gasteiger partial charge in [0.1, 0.15) is 5.75 Å². The molecular weight excluding hydrogens is 290 g/mol. The molecule has 2 aromatic rings. The molecule has 2 rings (SSSR count). The van der Waals surface area contributed by atoms with Crippen LogP contribution < -0.4 is 0 Å². The number of aromatic hydroxyl groups is 1. The third kappa shape index (κ3) is 2.79. The van der Waals surface area contributed by atoms with E-state index < -0.39 is 0 Å². The lowest BCUT2D eigenvalue weighted by molar-refractivity contribution is 0.467. The van der Waals surface area contributed by atoms with Crippen molar-refractivity contribution >= 4 is 27.8 Å². The molecule has 0 heterocycles. The van der Waals surface area contributed by atoms with E-state index in [2.05, 4.69) is 20.9 Å². The van der Waals surface area contributed by atoms with Crippen molar-refractivity contribution in [1.82, 2.24) is 0 Å². The highest BCUT2D eigenvalue weighted by atomic mass is 79.9. The van der Waals surface area contributed by atoms with Crippen molar-refractivity contribution in [3.63, 3.8) is 0 Å². The van der Waals surface area contributed by atoms with Crippen LogP contribution in [0.3, 0.4) is 0 Å². The average molecular weight is 304 g/mol. The van der Waals surface area contributed by atoms with Crippen LogP contribution in [0.4, 0.5) is 5.69 Å². The Kier molecular flexibility index (Phi) is 3.82. The molecule has 0 radical (unpaired) electrons. The number of benzene rings is 2. The van der Waals surface area contributed by atoms with Crippen LogP contribution in [0.2, 0.25) is 0 Å². The largest absolute Gasteiger partial charge is 0.507 e. The van der Waals surface area contributed by atoms with Crippen LogP contribution in [-0.2, 0) is 0 Å². The number of phenolic OH excluding ortho intramolecular Hbond substituents is 1. The molecular formula is C15H14BrNO. The number of hydrogen-bond acceptors (Lipinski definition) is 2. The molecule has 0 saturated carbocycles. The van der Waals surface area contributed by atoms with E-state index in [9.17, 15) is 5.11 Å². The Balaban J connectivity index is 2.33. The van der Waals surface area contributed by atoms with Gasteiger partial charge in [-0.15, -0.1) is 0 Å². The highest BCUT2D eigenvalue weighted by Gasteiger charge is 2.02. The van der Waals surface area contributed by atoms with Gasteiger partial charge in [-0.3, -0.25) is 4.99 Å². The van der Waals surface area contributed by atoms with Crippen molar-refractivity contribution < 1.29 is 5.11 Å². The number of aryl methyl sites for hydroxylation is 2. The third-order valence-electron chi connectivity index (χ3n) is 2.72. The van der Waals surface area contributed by atoms with Crippen molar-refractivity contribution in [3.8, 4) is 5.75 Å². The molecule has 3 heteroatoms. The number of halogens is 1. The van der Waals surface area contributed by atoms with Crippen molar-refractivity contribution in [2.75, 3.05) is 0 Å². The molecule has 2 aromatic carbocycles. The van der Waals surface area contributed by atoms with Crippen molar-refractivity contribution in [3.05, 3.63) is 57.6 Å². The number of rotatable bonds is 2. The summed E-state index contributed by atoms with van der Waals surface area (Å²) in [5.41, 5.74) is 3.60. The fraction of sp³-hybridized carbons (Fsp3) is 0.133. The first-order valence-corrected chi connectivity index (χ1v) is 6.46. The van der Waals surface area contributed by atoms with E-state index in [4.69, 9.17) is 0 Å². The topological polar surface area (TPSA) is 32.6 Å². The summed E-state index contributed by atoms with van der Waals surface area (Å²) in [6.45, 7) is 3.77. The van der Waals surface area contributed by atoms with Crippen LogP contribution in [0, 0.1) is 13.8 Å². The molecule has 0 amide bonds. The molecule has 0 aliphatic rings. The minimum atomic E-state index is 0.355. The minimum Gasteiger partial charge on any atom is -0.507 e. The second-order valence-electron chi connectivity index (χ2n) is 4.21. The van der Waals surface area contributed by atoms with Crippen molar-refractivity contribution in [1.29, 1.82) is 0 Å². The Morgan fingerprint density at radius 3 is 2.33 bits per heavy atom. The van der Waals surface area contributed by atoms with Gasteiger partial charge in [-0.25, -0.2) is 0 Å². The van der Waals surface area contributed by atoms with E-state index in [-0.39, 0.29) is 0 Å². The van der Waals surface area contributed by atoms with Gasteiger partial charge in [-0.2, -0.15) is 0 Å². The zero-order chi connectivity index (χ0) is 13.1. The number of phenols is 1. The lowest BCUT2D eigenvalue weighted by Crippen LogP contribution is -1.87. The van der Waals surface area contributed by atoms with Gasteiger partial charge in [0.25, 0.3) is 0 Å². The van der Waals surface area contributed by atoms with Gasteiger partial charge in [0, 0.05) is 10.7 Å². The highest BCUT2D eigenvalue weighted by Crippen LogP contribution is 2.25. The van der Waals surface area contributed by atoms with Crippen LogP contribution >= 0.6 is 15.9 Å². The SMILES string of the molecule is Cc1cc(C=Nc2ccccc2Br)cc(C)c1O. The molecule has 0 bridgehead atoms. The zero-order valence-electron chi connectivity index (χ0n) is 10.3. The van der Waals surface area contributed by atoms with Crippen molar-refractivity contribution in [2.45, 2.75) is 13.8 Å². The summed E-state index contributed by atoms with van der Waals surface area (Å²) in [5, 5.41) is 9.71. The summed E-state index contributed by atoms with van der Waals surface area (Å²) < 4.78 is 0.966. The summed E-state index contributed by atoms with van der Waals surface area (Å²) in [5.74, 6) is 0.355. The summed E-state index contributed by atoms with van der Waals surface area (Å²) in [6, 6.07) is 11.6. The van der Waals surface area contributed by atoms with Gasteiger partial charge in [-0.1, -0.05) is 12.1 Å². The Morgan fingerprint density at radius 2 is 1.72 bits per heavy atom. The van der Waals surface area contributed by atoms with E-state index in [1.54, 1.807) is 6.21 Å². The maximum Gasteiger partial charge on any atom is 0.121 e. The zero-order valence-corrected chi connectivity index (χ0v) is 11.9. The van der Waals surface area contributed by atoms with Gasteiger partial charge < -0.3 is 5.11 Å². The summed E-state index contributed by atoms with van der Waals surface area (Å²) >= 11 is 3.46. The van der Waals surface area contributed by atoms with Crippen LogP contribution in [-0.4, -0.2) is 11.3 Å². The summed E-state index contributed by atoms with van der Waals surface area (Å²) in [4.78, 5) is 4.43. The normalized spacial score (nSPS) is 11.1. The van der Waals surface area contributed by atoms with E-state index in [1.165, 1.54) is 0 Å². The van der Waals surface area contributed by atoms with E-state index in [1.807, 2.05) is 50.2 Å². The van der Waals surface area contributed by atoms with E-state index in [0.29, 0.717) is 5.75 Å². The van der Waals surface area contributed by atoms with Gasteiger partial charge >= 0.3 is 0 Å². The molecule has 92 valence electrons. The van der Waals surface area contributed by atoms with Crippen LogP contribution in [0.5, 0.6) is 5.75 Å². The molecule has 0 spiro atoms. The van der Waals surface area contributed by atoms with Crippen LogP contribution in [0.25, 0.3) is 0 Å². The molecule has 0 fully saturated rings. The first-order chi connectivity index (χ1) is 8.58. The van der Waals surface area contributed by atoms with E-state index >= 15 is 0 Å². The monoisotopic (exact) mass is 303 g/mol. The minimum absolute atomic E-state index is 0.355. The Morgan fingerprint density at radius 1 is 1.11 bits per heavy atom. The Labute approximate surface area is 115 Å². The molecule has 18 heavy (non-hydrogen) atoms. The lowest BCUT2D eigenvalue weighted by atomic mass is 10.1. The average Bonchev–Trinajstić information content (AvgIpc) is 2.35. The van der Waals surface area contributed by atoms with Gasteiger partial charge in [0.05, 0.1) is 5.69 Å². The molecule has 0 unspecified atom stereocenters. The Bertz CT molecular complexity index is 582. The Hall–Kier alpha value is -1.61. The lowest BCUT2D eigenvalue weighted by Gasteiger charge is -2.04. The van der Waals surface area contributed by atoms with Gasteiger partial charge in [0.15, 0.2) is 0 Å². The maximum atomic E-state index is 9.71. The number of nitrogens with zero attached hydrogens (tertiary/aromatic N) is 1. The molecule has 1 N–H and O–H groups in total. The molecule has 0 saturated heterocycles. The molecule has 2 nitrogen and oxygen atoms in total. The van der Waals surface area contributed by atoms with Crippen LogP contribution in [0.15, 0.2) is 45.9 Å². The van der Waals surface area contributed by atoms with Crippen LogP contribution in [0.1, 0.15) is 16.7 Å². The first-order valence-electron chi connectivity index (χ1n) is 5.67. The second kappa shape index (κ2) is 5.36. The smallest absolute Gasteiger partial charge is 0.121 e. The fourth-order valence-electron chi connectivity index (χ4n) is 1.76. The van der Waals surface area contributed by atoms with Gasteiger partial charge in [0.2, 0.25) is 0 Å². The predicted octanol–water partition coefficient (Wildman–Crippen LogP) is 4.52. The number of hydrogen-bond donors (Lipinski definition) is 1. The summed E-state index contributed by atoms with van der Waals surface area (Å²) in [7, 11) is 0. The van der Waals surface area contributed by atoms with Gasteiger partial charge in [-0.05, 0) is 70.7 Å². The maximum absolute atomic E-state index is 9.71. The summed E-state index contributed by atoms with van der Waals surface area (Å²) in [6.07, 6.45) is 1.81.